The van der Waals surface area contributed by atoms with Gasteiger partial charge in [0.1, 0.15) is 0 Å². The van der Waals surface area contributed by atoms with Gasteiger partial charge in [0.15, 0.2) is 0 Å². The Morgan fingerprint density at radius 3 is 1.91 bits per heavy atom. The highest BCUT2D eigenvalue weighted by Crippen LogP contribution is 2.59. The Balaban J connectivity index is 1.12. The summed E-state index contributed by atoms with van der Waals surface area (Å²) >= 11 is 0. The Morgan fingerprint density at radius 1 is 0.444 bits per heavy atom. The molecule has 2 aliphatic carbocycles. The van der Waals surface area contributed by atoms with Crippen LogP contribution < -0.4 is 4.90 Å². The molecule has 0 radical (unpaired) electrons. The normalized spacial score (nSPS) is 16.1. The van der Waals surface area contributed by atoms with Gasteiger partial charge in [0.25, 0.3) is 0 Å². The molecule has 3 aliphatic rings. The van der Waals surface area contributed by atoms with E-state index in [9.17, 15) is 0 Å². The van der Waals surface area contributed by atoms with E-state index < -0.39 is 0 Å². The molecule has 0 bridgehead atoms. The highest BCUT2D eigenvalue weighted by molar-refractivity contribution is 6.29. The van der Waals surface area contributed by atoms with Crippen molar-refractivity contribution in [1.29, 1.82) is 0 Å². The van der Waals surface area contributed by atoms with Gasteiger partial charge in [-0.05, 0) is 130 Å². The van der Waals surface area contributed by atoms with Crippen molar-refractivity contribution in [2.45, 2.75) is 44.9 Å². The van der Waals surface area contributed by atoms with Crippen LogP contribution in [0.4, 0.5) is 11.4 Å². The molecule has 1 heteroatoms. The maximum Gasteiger partial charge on any atom is 0.0540 e. The van der Waals surface area contributed by atoms with Crippen LogP contribution in [0.3, 0.4) is 0 Å². The van der Waals surface area contributed by atoms with Gasteiger partial charge in [-0.2, -0.15) is 0 Å². The summed E-state index contributed by atoms with van der Waals surface area (Å²) < 4.78 is 0. The zero-order chi connectivity index (χ0) is 36.1. The number of hydrogen-bond acceptors (Lipinski definition) is 1. The number of allylic oxidation sites excluding steroid dienone is 1. The second kappa shape index (κ2) is 10.3. The summed E-state index contributed by atoms with van der Waals surface area (Å²) in [4.78, 5) is 2.51. The lowest BCUT2D eigenvalue weighted by atomic mass is 9.79. The Morgan fingerprint density at radius 2 is 1.07 bits per heavy atom. The van der Waals surface area contributed by atoms with Gasteiger partial charge in [-0.1, -0.05) is 149 Å². The van der Waals surface area contributed by atoms with E-state index in [0.717, 1.165) is 6.42 Å². The first-order chi connectivity index (χ1) is 26.3. The highest BCUT2D eigenvalue weighted by Gasteiger charge is 2.43. The largest absolute Gasteiger partial charge is 0.309 e. The van der Waals surface area contributed by atoms with Crippen molar-refractivity contribution in [3.63, 3.8) is 0 Å². The quantitative estimate of drug-likeness (QED) is 0.163. The molecule has 1 nitrogen and oxygen atoms in total. The minimum absolute atomic E-state index is 0.0932. The summed E-state index contributed by atoms with van der Waals surface area (Å²) in [5.74, 6) is 0. The second-order valence-corrected chi connectivity index (χ2v) is 16.8. The van der Waals surface area contributed by atoms with Gasteiger partial charge in [0.2, 0.25) is 0 Å². The van der Waals surface area contributed by atoms with E-state index in [4.69, 9.17) is 0 Å². The molecule has 0 N–H and O–H groups in total. The fourth-order valence-electron chi connectivity index (χ4n) is 10.7. The van der Waals surface area contributed by atoms with Gasteiger partial charge in [0, 0.05) is 27.6 Å². The molecule has 1 heterocycles. The molecular weight excluding hydrogens is 651 g/mol. The number of nitrogens with zero attached hydrogens (tertiary/aromatic N) is 1. The molecule has 9 aromatic rings. The molecule has 12 rings (SSSR count). The van der Waals surface area contributed by atoms with E-state index in [-0.39, 0.29) is 10.8 Å². The average molecular weight is 690 g/mol. The number of fused-ring (bicyclic) bond motifs is 10. The summed E-state index contributed by atoms with van der Waals surface area (Å²) in [5, 5.41) is 10.7. The maximum absolute atomic E-state index is 2.58. The first kappa shape index (κ1) is 30.3. The molecule has 256 valence electrons. The van der Waals surface area contributed by atoms with E-state index in [1.165, 1.54) is 116 Å². The van der Waals surface area contributed by atoms with E-state index >= 15 is 0 Å². The van der Waals surface area contributed by atoms with Crippen LogP contribution in [0.2, 0.25) is 0 Å². The SMILES string of the molecule is CC1(C)c2cc3c(cc2-c2c1ccc1ccccc21)C(C)(C)c1cc2ccc4c(N5C(c6ccccc6)=CCc6ccccc65)ccc5ccc(c1-3)c2c54. The Kier molecular flexibility index (Phi) is 5.76. The van der Waals surface area contributed by atoms with Crippen LogP contribution >= 0.6 is 0 Å². The van der Waals surface area contributed by atoms with Crippen molar-refractivity contribution in [3.05, 3.63) is 185 Å². The molecule has 0 unspecified atom stereocenters. The van der Waals surface area contributed by atoms with Crippen LogP contribution in [-0.2, 0) is 17.3 Å². The molecule has 0 fully saturated rings. The van der Waals surface area contributed by atoms with Crippen LogP contribution in [0.15, 0.2) is 152 Å². The summed E-state index contributed by atoms with van der Waals surface area (Å²) in [6.45, 7) is 9.72. The third-order valence-electron chi connectivity index (χ3n) is 13.4. The summed E-state index contributed by atoms with van der Waals surface area (Å²) in [6.07, 6.45) is 3.33. The van der Waals surface area contributed by atoms with E-state index in [1.54, 1.807) is 0 Å². The van der Waals surface area contributed by atoms with E-state index in [0.29, 0.717) is 0 Å². The molecule has 54 heavy (non-hydrogen) atoms. The van der Waals surface area contributed by atoms with Crippen molar-refractivity contribution in [2.24, 2.45) is 0 Å². The number of benzene rings is 9. The van der Waals surface area contributed by atoms with E-state index in [2.05, 4.69) is 184 Å². The molecule has 0 spiro atoms. The molecule has 0 atom stereocenters. The average Bonchev–Trinajstić information content (AvgIpc) is 3.57. The first-order valence-corrected chi connectivity index (χ1v) is 19.4. The lowest BCUT2D eigenvalue weighted by Crippen LogP contribution is -2.20. The third-order valence-corrected chi connectivity index (χ3v) is 13.4. The Bertz CT molecular complexity index is 3120. The molecule has 0 saturated heterocycles. The monoisotopic (exact) mass is 689 g/mol. The maximum atomic E-state index is 2.58. The van der Waals surface area contributed by atoms with Gasteiger partial charge in [-0.15, -0.1) is 0 Å². The van der Waals surface area contributed by atoms with Crippen molar-refractivity contribution >= 4 is 60.2 Å². The standard InChI is InChI=1S/C53H39N/c1-52(2)41-25-20-31-12-8-10-16-36(31)50(41)39-29-43-40(30-42(39)52)51-38-24-18-34-22-27-47(37-23-19-35(49(38)48(34)37)28-44(51)53(43,3)4)54-45-17-11-9-15-33(45)21-26-46(54)32-13-6-5-7-14-32/h5-20,22-30H,21H2,1-4H3. The minimum atomic E-state index is -0.139. The van der Waals surface area contributed by atoms with Gasteiger partial charge in [-0.25, -0.2) is 0 Å². The lowest BCUT2D eigenvalue weighted by Gasteiger charge is -2.34. The van der Waals surface area contributed by atoms with Crippen LogP contribution in [0, 0.1) is 0 Å². The van der Waals surface area contributed by atoms with Crippen LogP contribution in [0.1, 0.15) is 61.1 Å². The van der Waals surface area contributed by atoms with Crippen molar-refractivity contribution in [1.82, 2.24) is 0 Å². The summed E-state index contributed by atoms with van der Waals surface area (Å²) in [7, 11) is 0. The Labute approximate surface area is 316 Å². The fourth-order valence-corrected chi connectivity index (χ4v) is 10.7. The van der Waals surface area contributed by atoms with Gasteiger partial charge in [0.05, 0.1) is 5.69 Å². The smallest absolute Gasteiger partial charge is 0.0540 e. The number of rotatable bonds is 2. The van der Waals surface area contributed by atoms with Crippen LogP contribution in [0.5, 0.6) is 0 Å². The van der Waals surface area contributed by atoms with Crippen molar-refractivity contribution in [3.8, 4) is 22.3 Å². The predicted octanol–water partition coefficient (Wildman–Crippen LogP) is 14.1. The topological polar surface area (TPSA) is 3.24 Å². The zero-order valence-electron chi connectivity index (χ0n) is 31.1. The summed E-state index contributed by atoms with van der Waals surface area (Å²) in [5.41, 5.74) is 17.5. The van der Waals surface area contributed by atoms with Crippen molar-refractivity contribution < 1.29 is 0 Å². The van der Waals surface area contributed by atoms with Gasteiger partial charge >= 0.3 is 0 Å². The fraction of sp³-hybridized carbons (Fsp3) is 0.132. The van der Waals surface area contributed by atoms with Gasteiger partial charge < -0.3 is 4.90 Å². The Hall–Kier alpha value is -6.18. The zero-order valence-corrected chi connectivity index (χ0v) is 31.1. The molecule has 9 aromatic carbocycles. The number of para-hydroxylation sites is 1. The molecule has 1 aliphatic heterocycles. The van der Waals surface area contributed by atoms with Crippen molar-refractivity contribution in [2.75, 3.05) is 4.90 Å². The minimum Gasteiger partial charge on any atom is -0.309 e. The summed E-state index contributed by atoms with van der Waals surface area (Å²) in [6, 6.07) is 55.3. The van der Waals surface area contributed by atoms with Crippen LogP contribution in [0.25, 0.3) is 71.0 Å². The van der Waals surface area contributed by atoms with Gasteiger partial charge in [-0.3, -0.25) is 0 Å². The van der Waals surface area contributed by atoms with E-state index in [1.807, 2.05) is 0 Å². The molecule has 0 amide bonds. The first-order valence-electron chi connectivity index (χ1n) is 19.4. The lowest BCUT2D eigenvalue weighted by molar-refractivity contribution is 0.652. The predicted molar refractivity (Wildman–Crippen MR) is 229 cm³/mol. The highest BCUT2D eigenvalue weighted by atomic mass is 15.2. The van der Waals surface area contributed by atoms with Crippen LogP contribution in [-0.4, -0.2) is 0 Å². The number of hydrogen-bond donors (Lipinski definition) is 0. The second-order valence-electron chi connectivity index (χ2n) is 16.8. The molecule has 0 saturated carbocycles. The molecular formula is C53H39N. The molecule has 0 aromatic heterocycles. The third kappa shape index (κ3) is 3.74. The number of anilines is 2.